The maximum absolute atomic E-state index is 12.2. The van der Waals surface area contributed by atoms with Crippen molar-refractivity contribution in [2.24, 2.45) is 5.92 Å². The van der Waals surface area contributed by atoms with Crippen molar-refractivity contribution in [1.82, 2.24) is 0 Å². The van der Waals surface area contributed by atoms with Crippen molar-refractivity contribution in [2.45, 2.75) is 12.7 Å². The van der Waals surface area contributed by atoms with Crippen LogP contribution in [0.2, 0.25) is 10.0 Å². The normalized spacial score (nSPS) is 17.9. The number of ether oxygens (including phenoxy) is 2. The van der Waals surface area contributed by atoms with Gasteiger partial charge < -0.3 is 9.47 Å². The summed E-state index contributed by atoms with van der Waals surface area (Å²) in [5, 5.41) is 0.584. The van der Waals surface area contributed by atoms with Crippen LogP contribution in [0.5, 0.6) is 0 Å². The Hall–Kier alpha value is -3.10. The molecule has 0 radical (unpaired) electrons. The Morgan fingerprint density at radius 3 is 2.07 bits per heavy atom. The lowest BCUT2D eigenvalue weighted by Crippen LogP contribution is -2.31. The number of cyclic esters (lactones) is 1. The summed E-state index contributed by atoms with van der Waals surface area (Å²) in [6.45, 7) is 0. The van der Waals surface area contributed by atoms with E-state index in [1.54, 1.807) is 12.1 Å². The molecule has 0 spiro atoms. The molecule has 2 aromatic rings. The first-order valence-corrected chi connectivity index (χ1v) is 8.93. The molecule has 0 amide bonds. The quantitative estimate of drug-likeness (QED) is 0.406. The van der Waals surface area contributed by atoms with E-state index in [1.165, 1.54) is 36.4 Å². The van der Waals surface area contributed by atoms with Gasteiger partial charge >= 0.3 is 23.9 Å². The SMILES string of the molecule is O=C1CC(C(=O)OOC(=O)c2cccc(Cl)c2)C(OC(=O)c2cccc(Cl)c2)O1. The maximum Gasteiger partial charge on any atom is 0.386 e. The van der Waals surface area contributed by atoms with Gasteiger partial charge in [-0.3, -0.25) is 4.79 Å². The van der Waals surface area contributed by atoms with Gasteiger partial charge in [0.05, 0.1) is 17.5 Å². The average molecular weight is 439 g/mol. The van der Waals surface area contributed by atoms with Crippen LogP contribution in [-0.2, 0) is 28.8 Å². The highest BCUT2D eigenvalue weighted by Crippen LogP contribution is 2.26. The lowest BCUT2D eigenvalue weighted by Gasteiger charge is -2.16. The molecule has 1 heterocycles. The van der Waals surface area contributed by atoms with E-state index in [0.29, 0.717) is 5.02 Å². The minimum absolute atomic E-state index is 0.0491. The summed E-state index contributed by atoms with van der Waals surface area (Å²) < 4.78 is 9.92. The van der Waals surface area contributed by atoms with E-state index >= 15 is 0 Å². The van der Waals surface area contributed by atoms with Gasteiger partial charge in [0.15, 0.2) is 0 Å². The number of rotatable bonds is 4. The molecule has 2 aromatic carbocycles. The van der Waals surface area contributed by atoms with Crippen LogP contribution >= 0.6 is 23.2 Å². The predicted molar refractivity (Wildman–Crippen MR) is 97.8 cm³/mol. The van der Waals surface area contributed by atoms with Gasteiger partial charge in [0, 0.05) is 10.0 Å². The maximum atomic E-state index is 12.2. The van der Waals surface area contributed by atoms with Crippen molar-refractivity contribution in [3.8, 4) is 0 Å². The molecule has 2 unspecified atom stereocenters. The van der Waals surface area contributed by atoms with Crippen LogP contribution in [0.3, 0.4) is 0 Å². The monoisotopic (exact) mass is 438 g/mol. The molecule has 10 heteroatoms. The molecule has 0 saturated carbocycles. The van der Waals surface area contributed by atoms with Gasteiger partial charge in [0.1, 0.15) is 5.92 Å². The van der Waals surface area contributed by atoms with Crippen LogP contribution in [0.15, 0.2) is 48.5 Å². The number of esters is 2. The lowest BCUT2D eigenvalue weighted by molar-refractivity contribution is -0.243. The average Bonchev–Trinajstić information content (AvgIpc) is 3.06. The summed E-state index contributed by atoms with van der Waals surface area (Å²) in [6.07, 6.45) is -1.95. The molecule has 0 N–H and O–H groups in total. The van der Waals surface area contributed by atoms with Crippen molar-refractivity contribution in [3.63, 3.8) is 0 Å². The van der Waals surface area contributed by atoms with Crippen molar-refractivity contribution < 1.29 is 38.4 Å². The van der Waals surface area contributed by atoms with E-state index < -0.39 is 42.5 Å². The first-order valence-electron chi connectivity index (χ1n) is 8.18. The smallest absolute Gasteiger partial charge is 0.386 e. The topological polar surface area (TPSA) is 105 Å². The Morgan fingerprint density at radius 2 is 1.48 bits per heavy atom. The molecule has 1 fully saturated rings. The highest BCUT2D eigenvalue weighted by atomic mass is 35.5. The first-order chi connectivity index (χ1) is 13.8. The van der Waals surface area contributed by atoms with E-state index in [-0.39, 0.29) is 16.1 Å². The Balaban J connectivity index is 1.61. The minimum atomic E-state index is -1.54. The van der Waals surface area contributed by atoms with Crippen LogP contribution in [0.25, 0.3) is 0 Å². The second-order valence-electron chi connectivity index (χ2n) is 5.87. The van der Waals surface area contributed by atoms with E-state index in [9.17, 15) is 19.2 Å². The highest BCUT2D eigenvalue weighted by Gasteiger charge is 2.45. The Morgan fingerprint density at radius 1 is 0.897 bits per heavy atom. The summed E-state index contributed by atoms with van der Waals surface area (Å²) >= 11 is 11.6. The fourth-order valence-electron chi connectivity index (χ4n) is 2.43. The molecule has 0 aliphatic carbocycles. The van der Waals surface area contributed by atoms with Gasteiger partial charge in [-0.1, -0.05) is 35.3 Å². The summed E-state index contributed by atoms with van der Waals surface area (Å²) in [4.78, 5) is 56.8. The fraction of sp³-hybridized carbons (Fsp3) is 0.158. The van der Waals surface area contributed by atoms with Gasteiger partial charge in [-0.2, -0.15) is 0 Å². The number of halogens is 2. The van der Waals surface area contributed by atoms with Gasteiger partial charge in [0.25, 0.3) is 6.29 Å². The lowest BCUT2D eigenvalue weighted by atomic mass is 10.1. The van der Waals surface area contributed by atoms with Crippen molar-refractivity contribution in [1.29, 1.82) is 0 Å². The third kappa shape index (κ3) is 5.24. The number of hydrogen-bond donors (Lipinski definition) is 0. The molecule has 3 rings (SSSR count). The molecular formula is C19H12Cl2O8. The van der Waals surface area contributed by atoms with E-state index in [4.69, 9.17) is 32.7 Å². The zero-order valence-electron chi connectivity index (χ0n) is 14.5. The summed E-state index contributed by atoms with van der Waals surface area (Å²) in [5.41, 5.74) is 0.146. The number of hydrogen-bond acceptors (Lipinski definition) is 8. The molecule has 2 atom stereocenters. The molecule has 1 aliphatic rings. The van der Waals surface area contributed by atoms with Crippen LogP contribution in [0, 0.1) is 5.92 Å². The van der Waals surface area contributed by atoms with Gasteiger partial charge in [-0.25, -0.2) is 24.2 Å². The zero-order chi connectivity index (χ0) is 21.0. The standard InChI is InChI=1S/C19H12Cl2O8/c20-12-5-1-3-10(7-12)16(23)27-19-14(9-15(22)26-19)18(25)29-28-17(24)11-4-2-6-13(21)8-11/h1-8,14,19H,9H2. The largest absolute Gasteiger partial charge is 0.424 e. The molecule has 1 saturated heterocycles. The van der Waals surface area contributed by atoms with Crippen molar-refractivity contribution in [2.75, 3.05) is 0 Å². The number of benzene rings is 2. The van der Waals surface area contributed by atoms with Crippen LogP contribution in [0.1, 0.15) is 27.1 Å². The molecular weight excluding hydrogens is 427 g/mol. The minimum Gasteiger partial charge on any atom is -0.424 e. The Bertz CT molecular complexity index is 974. The second kappa shape index (κ2) is 8.93. The summed E-state index contributed by atoms with van der Waals surface area (Å²) in [5.74, 6) is -5.04. The number of carbonyl (C=O) groups is 4. The van der Waals surface area contributed by atoms with E-state index in [0.717, 1.165) is 0 Å². The van der Waals surface area contributed by atoms with Crippen LogP contribution in [0.4, 0.5) is 0 Å². The van der Waals surface area contributed by atoms with Crippen molar-refractivity contribution >= 4 is 47.1 Å². The van der Waals surface area contributed by atoms with Gasteiger partial charge in [0.2, 0.25) is 0 Å². The molecule has 0 aromatic heterocycles. The van der Waals surface area contributed by atoms with E-state index in [1.807, 2.05) is 0 Å². The fourth-order valence-corrected chi connectivity index (χ4v) is 2.81. The first kappa shape index (κ1) is 20.6. The van der Waals surface area contributed by atoms with Crippen LogP contribution < -0.4 is 0 Å². The van der Waals surface area contributed by atoms with Gasteiger partial charge in [-0.05, 0) is 36.4 Å². The molecule has 8 nitrogen and oxygen atoms in total. The Kier molecular flexibility index (Phi) is 6.36. The predicted octanol–water partition coefficient (Wildman–Crippen LogP) is 3.35. The molecule has 1 aliphatic heterocycles. The highest BCUT2D eigenvalue weighted by molar-refractivity contribution is 6.31. The Labute approximate surface area is 174 Å². The number of carbonyl (C=O) groups excluding carboxylic acids is 4. The second-order valence-corrected chi connectivity index (χ2v) is 6.74. The van der Waals surface area contributed by atoms with E-state index in [2.05, 4.69) is 9.78 Å². The summed E-state index contributed by atoms with van der Waals surface area (Å²) in [7, 11) is 0. The summed E-state index contributed by atoms with van der Waals surface area (Å²) in [6, 6.07) is 11.6. The van der Waals surface area contributed by atoms with Crippen LogP contribution in [-0.4, -0.2) is 30.2 Å². The molecule has 0 bridgehead atoms. The van der Waals surface area contributed by atoms with Crippen molar-refractivity contribution in [3.05, 3.63) is 69.7 Å². The zero-order valence-corrected chi connectivity index (χ0v) is 16.0. The molecule has 150 valence electrons. The third-order valence-corrected chi connectivity index (χ3v) is 4.28. The molecule has 29 heavy (non-hydrogen) atoms. The third-order valence-electron chi connectivity index (χ3n) is 3.81. The van der Waals surface area contributed by atoms with Gasteiger partial charge in [-0.15, -0.1) is 0 Å².